The fourth-order valence-electron chi connectivity index (χ4n) is 2.71. The van der Waals surface area contributed by atoms with Gasteiger partial charge in [-0.15, -0.1) is 0 Å². The molecule has 0 spiro atoms. The Morgan fingerprint density at radius 3 is 2.54 bits per heavy atom. The second-order valence-corrected chi connectivity index (χ2v) is 5.82. The molecule has 1 aliphatic rings. The summed E-state index contributed by atoms with van der Waals surface area (Å²) in [6, 6.07) is 9.84. The number of carbonyl (C=O) groups excluding carboxylic acids is 1. The monoisotopic (exact) mass is 346 g/mol. The lowest BCUT2D eigenvalue weighted by Crippen LogP contribution is -2.49. The first-order valence-corrected chi connectivity index (χ1v) is 7.83. The van der Waals surface area contributed by atoms with Crippen LogP contribution < -0.4 is 4.90 Å². The average Bonchev–Trinajstić information content (AvgIpc) is 2.62. The van der Waals surface area contributed by atoms with Crippen molar-refractivity contribution in [3.05, 3.63) is 63.4 Å². The van der Waals surface area contributed by atoms with E-state index in [2.05, 4.69) is 4.98 Å². The highest BCUT2D eigenvalue weighted by molar-refractivity contribution is 6.30. The van der Waals surface area contributed by atoms with Crippen LogP contribution in [0.1, 0.15) is 10.5 Å². The highest BCUT2D eigenvalue weighted by Gasteiger charge is 2.26. The lowest BCUT2D eigenvalue weighted by Gasteiger charge is -2.35. The van der Waals surface area contributed by atoms with Gasteiger partial charge < -0.3 is 9.80 Å². The number of piperazine rings is 1. The maximum atomic E-state index is 12.4. The van der Waals surface area contributed by atoms with E-state index in [0.717, 1.165) is 0 Å². The smallest absolute Gasteiger partial charge is 0.294 e. The van der Waals surface area contributed by atoms with Crippen LogP contribution in [0.25, 0.3) is 0 Å². The summed E-state index contributed by atoms with van der Waals surface area (Å²) >= 11 is 5.85. The fraction of sp³-hybridized carbons (Fsp3) is 0.250. The van der Waals surface area contributed by atoms with Crippen LogP contribution in [0.2, 0.25) is 5.02 Å². The molecule has 1 saturated heterocycles. The van der Waals surface area contributed by atoms with Gasteiger partial charge in [-0.3, -0.25) is 19.9 Å². The predicted molar refractivity (Wildman–Crippen MR) is 90.5 cm³/mol. The average molecular weight is 347 g/mol. The van der Waals surface area contributed by atoms with E-state index in [4.69, 9.17) is 11.6 Å². The summed E-state index contributed by atoms with van der Waals surface area (Å²) in [5.41, 5.74) is 0.907. The molecule has 7 nitrogen and oxygen atoms in total. The Labute approximate surface area is 143 Å². The summed E-state index contributed by atoms with van der Waals surface area (Å²) in [6.45, 7) is 1.99. The molecule has 1 fully saturated rings. The van der Waals surface area contributed by atoms with Crippen molar-refractivity contribution in [3.63, 3.8) is 0 Å². The highest BCUT2D eigenvalue weighted by Crippen LogP contribution is 2.31. The van der Waals surface area contributed by atoms with E-state index in [1.807, 2.05) is 4.90 Å². The topological polar surface area (TPSA) is 79.6 Å². The summed E-state index contributed by atoms with van der Waals surface area (Å²) in [6.07, 6.45) is 1.58. The molecule has 0 unspecified atom stereocenters. The van der Waals surface area contributed by atoms with Crippen LogP contribution in [0, 0.1) is 10.1 Å². The van der Waals surface area contributed by atoms with Crippen molar-refractivity contribution >= 4 is 28.9 Å². The summed E-state index contributed by atoms with van der Waals surface area (Å²) in [5.74, 6) is -0.124. The Balaban J connectivity index is 1.72. The number of rotatable bonds is 3. The molecule has 0 bridgehead atoms. The molecule has 2 aromatic rings. The molecule has 0 atom stereocenters. The summed E-state index contributed by atoms with van der Waals surface area (Å²) < 4.78 is 0. The van der Waals surface area contributed by atoms with Gasteiger partial charge in [-0.1, -0.05) is 17.7 Å². The molecule has 0 radical (unpaired) electrons. The Hall–Kier alpha value is -2.67. The standard InChI is InChI=1S/C16H15ClN4O3/c17-12-4-5-14(15(11-12)21(23)24)19-7-9-20(10-8-19)16(22)13-3-1-2-6-18-13/h1-6,11H,7-10H2. The van der Waals surface area contributed by atoms with Crippen molar-refractivity contribution in [2.75, 3.05) is 31.1 Å². The largest absolute Gasteiger partial charge is 0.362 e. The van der Waals surface area contributed by atoms with Crippen LogP contribution >= 0.6 is 11.6 Å². The molecule has 0 N–H and O–H groups in total. The van der Waals surface area contributed by atoms with Crippen molar-refractivity contribution in [2.45, 2.75) is 0 Å². The molecule has 124 valence electrons. The summed E-state index contributed by atoms with van der Waals surface area (Å²) in [4.78, 5) is 30.8. The van der Waals surface area contributed by atoms with Crippen molar-refractivity contribution < 1.29 is 9.72 Å². The van der Waals surface area contributed by atoms with Gasteiger partial charge in [0.2, 0.25) is 0 Å². The molecule has 1 aromatic heterocycles. The number of hydrogen-bond donors (Lipinski definition) is 0. The molecule has 1 aliphatic heterocycles. The first-order chi connectivity index (χ1) is 11.6. The number of pyridine rings is 1. The van der Waals surface area contributed by atoms with Gasteiger partial charge in [0.1, 0.15) is 11.4 Å². The van der Waals surface area contributed by atoms with Gasteiger partial charge in [0, 0.05) is 43.5 Å². The van der Waals surface area contributed by atoms with Gasteiger partial charge in [0.25, 0.3) is 11.6 Å². The van der Waals surface area contributed by atoms with E-state index in [-0.39, 0.29) is 11.6 Å². The fourth-order valence-corrected chi connectivity index (χ4v) is 2.88. The van der Waals surface area contributed by atoms with E-state index < -0.39 is 4.92 Å². The van der Waals surface area contributed by atoms with Crippen molar-refractivity contribution in [3.8, 4) is 0 Å². The van der Waals surface area contributed by atoms with Crippen molar-refractivity contribution in [2.24, 2.45) is 0 Å². The van der Waals surface area contributed by atoms with Crippen molar-refractivity contribution in [1.29, 1.82) is 0 Å². The van der Waals surface area contributed by atoms with Gasteiger partial charge in [-0.05, 0) is 24.3 Å². The molecule has 0 saturated carbocycles. The first-order valence-electron chi connectivity index (χ1n) is 7.45. The van der Waals surface area contributed by atoms with Crippen LogP contribution in [0.15, 0.2) is 42.6 Å². The molecular weight excluding hydrogens is 332 g/mol. The summed E-state index contributed by atoms with van der Waals surface area (Å²) in [7, 11) is 0. The number of nitro groups is 1. The van der Waals surface area contributed by atoms with E-state index in [1.54, 1.807) is 41.4 Å². The lowest BCUT2D eigenvalue weighted by atomic mass is 10.2. The maximum absolute atomic E-state index is 12.4. The zero-order valence-electron chi connectivity index (χ0n) is 12.8. The molecule has 1 amide bonds. The van der Waals surface area contributed by atoms with Crippen LogP contribution in [0.5, 0.6) is 0 Å². The van der Waals surface area contributed by atoms with Crippen LogP contribution in [0.4, 0.5) is 11.4 Å². The number of hydrogen-bond acceptors (Lipinski definition) is 5. The van der Waals surface area contributed by atoms with Gasteiger partial charge in [0.05, 0.1) is 4.92 Å². The van der Waals surface area contributed by atoms with E-state index >= 15 is 0 Å². The molecule has 3 rings (SSSR count). The second-order valence-electron chi connectivity index (χ2n) is 5.38. The molecule has 1 aromatic carbocycles. The zero-order valence-corrected chi connectivity index (χ0v) is 13.5. The maximum Gasteiger partial charge on any atom is 0.294 e. The lowest BCUT2D eigenvalue weighted by molar-refractivity contribution is -0.384. The first kappa shape index (κ1) is 16.2. The minimum atomic E-state index is -0.438. The molecule has 24 heavy (non-hydrogen) atoms. The molecular formula is C16H15ClN4O3. The second kappa shape index (κ2) is 6.84. The van der Waals surface area contributed by atoms with Gasteiger partial charge in [-0.25, -0.2) is 0 Å². The number of halogens is 1. The van der Waals surface area contributed by atoms with Gasteiger partial charge in [0.15, 0.2) is 0 Å². The number of nitrogens with zero attached hydrogens (tertiary/aromatic N) is 4. The predicted octanol–water partition coefficient (Wildman–Crippen LogP) is 2.61. The van der Waals surface area contributed by atoms with Crippen LogP contribution in [-0.4, -0.2) is 46.9 Å². The number of carbonyl (C=O) groups is 1. The third kappa shape index (κ3) is 3.30. The minimum absolute atomic E-state index is 0.0213. The summed E-state index contributed by atoms with van der Waals surface area (Å²) in [5, 5.41) is 11.5. The number of anilines is 1. The van der Waals surface area contributed by atoms with E-state index in [1.165, 1.54) is 6.07 Å². The number of amides is 1. The number of benzene rings is 1. The van der Waals surface area contributed by atoms with E-state index in [0.29, 0.717) is 42.6 Å². The van der Waals surface area contributed by atoms with Crippen LogP contribution in [-0.2, 0) is 0 Å². The Morgan fingerprint density at radius 2 is 1.92 bits per heavy atom. The quantitative estimate of drug-likeness (QED) is 0.630. The molecule has 2 heterocycles. The zero-order chi connectivity index (χ0) is 17.1. The number of aromatic nitrogens is 1. The minimum Gasteiger partial charge on any atom is -0.362 e. The third-order valence-electron chi connectivity index (χ3n) is 3.93. The molecule has 8 heteroatoms. The van der Waals surface area contributed by atoms with Gasteiger partial charge in [-0.2, -0.15) is 0 Å². The SMILES string of the molecule is O=C(c1ccccn1)N1CCN(c2ccc(Cl)cc2[N+](=O)[O-])CC1. The normalized spacial score (nSPS) is 14.5. The number of nitro benzene ring substituents is 1. The Kier molecular flexibility index (Phi) is 4.61. The van der Waals surface area contributed by atoms with Crippen molar-refractivity contribution in [1.82, 2.24) is 9.88 Å². The molecule has 0 aliphatic carbocycles. The Morgan fingerprint density at radius 1 is 1.17 bits per heavy atom. The van der Waals surface area contributed by atoms with Crippen LogP contribution in [0.3, 0.4) is 0 Å². The highest BCUT2D eigenvalue weighted by atomic mass is 35.5. The van der Waals surface area contributed by atoms with E-state index in [9.17, 15) is 14.9 Å². The van der Waals surface area contributed by atoms with Gasteiger partial charge >= 0.3 is 0 Å². The Bertz CT molecular complexity index is 761. The third-order valence-corrected chi connectivity index (χ3v) is 4.16.